The molecule has 1 N–H and O–H groups in total. The summed E-state index contributed by atoms with van der Waals surface area (Å²) >= 11 is 0. The van der Waals surface area contributed by atoms with Gasteiger partial charge in [0.2, 0.25) is 0 Å². The van der Waals surface area contributed by atoms with E-state index in [0.717, 1.165) is 17.8 Å². The number of rotatable bonds is 6. The highest BCUT2D eigenvalue weighted by Gasteiger charge is 2.25. The van der Waals surface area contributed by atoms with E-state index >= 15 is 0 Å². The smallest absolute Gasteiger partial charge is 0.00462 e. The van der Waals surface area contributed by atoms with Gasteiger partial charge in [-0.1, -0.05) is 46.5 Å². The Balaban J connectivity index is 2.41. The van der Waals surface area contributed by atoms with Crippen LogP contribution in [0.25, 0.3) is 0 Å². The van der Waals surface area contributed by atoms with E-state index in [0.29, 0.717) is 0 Å². The molecule has 1 heterocycles. The summed E-state index contributed by atoms with van der Waals surface area (Å²) in [6, 6.07) is 0. The molecule has 1 heteroatoms. The SMILES string of the molecule is CCCC(CCC)C(C)C1CCNCC1. The Morgan fingerprint density at radius 1 is 1.07 bits per heavy atom. The van der Waals surface area contributed by atoms with Crippen molar-refractivity contribution in [3.05, 3.63) is 0 Å². The molecule has 0 aliphatic carbocycles. The third kappa shape index (κ3) is 4.14. The van der Waals surface area contributed by atoms with Crippen LogP contribution in [0.4, 0.5) is 0 Å². The maximum absolute atomic E-state index is 3.47. The molecule has 0 spiro atoms. The first-order valence-corrected chi connectivity index (χ1v) is 7.00. The molecule has 1 aliphatic rings. The molecule has 90 valence electrons. The van der Waals surface area contributed by atoms with Gasteiger partial charge in [-0.05, 0) is 43.7 Å². The maximum atomic E-state index is 3.47. The first-order valence-electron chi connectivity index (χ1n) is 7.00. The van der Waals surface area contributed by atoms with E-state index in [1.807, 2.05) is 0 Å². The number of piperidine rings is 1. The minimum absolute atomic E-state index is 0.951. The summed E-state index contributed by atoms with van der Waals surface area (Å²) in [4.78, 5) is 0. The molecule has 0 amide bonds. The van der Waals surface area contributed by atoms with Crippen LogP contribution in [-0.2, 0) is 0 Å². The van der Waals surface area contributed by atoms with Gasteiger partial charge in [-0.15, -0.1) is 0 Å². The van der Waals surface area contributed by atoms with Gasteiger partial charge < -0.3 is 5.32 Å². The summed E-state index contributed by atoms with van der Waals surface area (Å²) in [5.74, 6) is 2.93. The van der Waals surface area contributed by atoms with Crippen molar-refractivity contribution in [3.8, 4) is 0 Å². The van der Waals surface area contributed by atoms with Gasteiger partial charge in [-0.25, -0.2) is 0 Å². The summed E-state index contributed by atoms with van der Waals surface area (Å²) < 4.78 is 0. The van der Waals surface area contributed by atoms with Gasteiger partial charge in [-0.2, -0.15) is 0 Å². The Morgan fingerprint density at radius 2 is 1.60 bits per heavy atom. The van der Waals surface area contributed by atoms with Crippen LogP contribution in [0.15, 0.2) is 0 Å². The quantitative estimate of drug-likeness (QED) is 0.704. The first kappa shape index (κ1) is 13.0. The van der Waals surface area contributed by atoms with Gasteiger partial charge >= 0.3 is 0 Å². The van der Waals surface area contributed by atoms with Gasteiger partial charge in [-0.3, -0.25) is 0 Å². The highest BCUT2D eigenvalue weighted by molar-refractivity contribution is 4.78. The summed E-state index contributed by atoms with van der Waals surface area (Å²) in [7, 11) is 0. The predicted octanol–water partition coefficient (Wildman–Crippen LogP) is 3.84. The van der Waals surface area contributed by atoms with Crippen molar-refractivity contribution in [3.63, 3.8) is 0 Å². The van der Waals surface area contributed by atoms with E-state index in [9.17, 15) is 0 Å². The molecule has 1 saturated heterocycles. The maximum Gasteiger partial charge on any atom is -0.00462 e. The average molecular weight is 211 g/mol. The van der Waals surface area contributed by atoms with Crippen LogP contribution in [0.2, 0.25) is 0 Å². The Bertz CT molecular complexity index is 143. The topological polar surface area (TPSA) is 12.0 Å². The Labute approximate surface area is 96.0 Å². The molecule has 0 aromatic rings. The fraction of sp³-hybridized carbons (Fsp3) is 1.00. The van der Waals surface area contributed by atoms with Crippen LogP contribution in [0, 0.1) is 17.8 Å². The molecule has 1 atom stereocenters. The van der Waals surface area contributed by atoms with Crippen LogP contribution in [0.5, 0.6) is 0 Å². The predicted molar refractivity (Wildman–Crippen MR) is 68.1 cm³/mol. The van der Waals surface area contributed by atoms with Crippen LogP contribution >= 0.6 is 0 Å². The second-order valence-corrected chi connectivity index (χ2v) is 5.28. The molecule has 1 aliphatic heterocycles. The first-order chi connectivity index (χ1) is 7.29. The molecule has 15 heavy (non-hydrogen) atoms. The molecule has 0 radical (unpaired) electrons. The Hall–Kier alpha value is -0.0400. The third-order valence-corrected chi connectivity index (χ3v) is 4.19. The van der Waals surface area contributed by atoms with Crippen LogP contribution in [-0.4, -0.2) is 13.1 Å². The summed E-state index contributed by atoms with van der Waals surface area (Å²) in [6.07, 6.45) is 8.42. The zero-order valence-electron chi connectivity index (χ0n) is 10.9. The van der Waals surface area contributed by atoms with Crippen LogP contribution in [0.3, 0.4) is 0 Å². The molecule has 0 aromatic heterocycles. The Morgan fingerprint density at radius 3 is 2.07 bits per heavy atom. The fourth-order valence-corrected chi connectivity index (χ4v) is 3.17. The zero-order valence-corrected chi connectivity index (χ0v) is 10.9. The molecular formula is C14H29N. The van der Waals surface area contributed by atoms with Crippen LogP contribution in [0.1, 0.15) is 59.3 Å². The van der Waals surface area contributed by atoms with Gasteiger partial charge in [0.25, 0.3) is 0 Å². The third-order valence-electron chi connectivity index (χ3n) is 4.19. The number of hydrogen-bond donors (Lipinski definition) is 1. The second-order valence-electron chi connectivity index (χ2n) is 5.28. The lowest BCUT2D eigenvalue weighted by Crippen LogP contribution is -2.33. The average Bonchev–Trinajstić information content (AvgIpc) is 2.29. The molecule has 0 saturated carbocycles. The highest BCUT2D eigenvalue weighted by Crippen LogP contribution is 2.33. The Kier molecular flexibility index (Phi) is 6.31. The number of nitrogens with one attached hydrogen (secondary N) is 1. The van der Waals surface area contributed by atoms with Gasteiger partial charge in [0.1, 0.15) is 0 Å². The summed E-state index contributed by atoms with van der Waals surface area (Å²) in [5.41, 5.74) is 0. The van der Waals surface area contributed by atoms with Crippen molar-refractivity contribution in [1.29, 1.82) is 0 Å². The van der Waals surface area contributed by atoms with Crippen molar-refractivity contribution in [2.45, 2.75) is 59.3 Å². The minimum atomic E-state index is 0.951. The summed E-state index contributed by atoms with van der Waals surface area (Å²) in [6.45, 7) is 9.67. The molecule has 1 rings (SSSR count). The number of hydrogen-bond acceptors (Lipinski definition) is 1. The van der Waals surface area contributed by atoms with Crippen molar-refractivity contribution in [1.82, 2.24) is 5.32 Å². The zero-order chi connectivity index (χ0) is 11.1. The lowest BCUT2D eigenvalue weighted by Gasteiger charge is -2.33. The van der Waals surface area contributed by atoms with Gasteiger partial charge in [0.05, 0.1) is 0 Å². The molecule has 1 unspecified atom stereocenters. The van der Waals surface area contributed by atoms with E-state index in [1.54, 1.807) is 0 Å². The fourth-order valence-electron chi connectivity index (χ4n) is 3.17. The minimum Gasteiger partial charge on any atom is -0.317 e. The van der Waals surface area contributed by atoms with Gasteiger partial charge in [0, 0.05) is 0 Å². The van der Waals surface area contributed by atoms with Crippen molar-refractivity contribution in [2.75, 3.05) is 13.1 Å². The van der Waals surface area contributed by atoms with E-state index in [-0.39, 0.29) is 0 Å². The van der Waals surface area contributed by atoms with E-state index < -0.39 is 0 Å². The normalized spacial score (nSPS) is 20.8. The van der Waals surface area contributed by atoms with E-state index in [2.05, 4.69) is 26.1 Å². The van der Waals surface area contributed by atoms with E-state index in [1.165, 1.54) is 51.6 Å². The second kappa shape index (κ2) is 7.27. The molecule has 0 aromatic carbocycles. The summed E-state index contributed by atoms with van der Waals surface area (Å²) in [5, 5.41) is 3.47. The molecule has 1 fully saturated rings. The van der Waals surface area contributed by atoms with Gasteiger partial charge in [0.15, 0.2) is 0 Å². The monoisotopic (exact) mass is 211 g/mol. The highest BCUT2D eigenvalue weighted by atomic mass is 14.9. The van der Waals surface area contributed by atoms with Crippen molar-refractivity contribution < 1.29 is 0 Å². The van der Waals surface area contributed by atoms with Crippen LogP contribution < -0.4 is 5.32 Å². The van der Waals surface area contributed by atoms with E-state index in [4.69, 9.17) is 0 Å². The largest absolute Gasteiger partial charge is 0.317 e. The molecule has 0 bridgehead atoms. The lowest BCUT2D eigenvalue weighted by atomic mass is 9.75. The molecule has 1 nitrogen and oxygen atoms in total. The van der Waals surface area contributed by atoms with Crippen molar-refractivity contribution >= 4 is 0 Å². The standard InChI is InChI=1S/C14H29N/c1-4-6-13(7-5-2)12(3)14-8-10-15-11-9-14/h12-15H,4-11H2,1-3H3. The lowest BCUT2D eigenvalue weighted by molar-refractivity contribution is 0.183. The molecular weight excluding hydrogens is 182 g/mol. The van der Waals surface area contributed by atoms with Crippen molar-refractivity contribution in [2.24, 2.45) is 17.8 Å².